The largest absolute Gasteiger partial charge is 0.271 e. The van der Waals surface area contributed by atoms with Gasteiger partial charge in [0.1, 0.15) is 0 Å². The van der Waals surface area contributed by atoms with Crippen LogP contribution in [0, 0.1) is 6.92 Å². The second kappa shape index (κ2) is 12.0. The van der Waals surface area contributed by atoms with Gasteiger partial charge in [-0.15, -0.1) is 0 Å². The Balaban J connectivity index is 1.55. The summed E-state index contributed by atoms with van der Waals surface area (Å²) in [5.74, 6) is -0.433. The Hall–Kier alpha value is -3.36. The second-order valence-electron chi connectivity index (χ2n) is 8.32. The Morgan fingerprint density at radius 1 is 0.895 bits per heavy atom. The van der Waals surface area contributed by atoms with Gasteiger partial charge in [0.25, 0.3) is 15.9 Å². The highest BCUT2D eigenvalue weighted by atomic mass is 35.5. The van der Waals surface area contributed by atoms with Gasteiger partial charge in [-0.2, -0.15) is 5.10 Å². The van der Waals surface area contributed by atoms with Crippen molar-refractivity contribution in [3.8, 4) is 0 Å². The summed E-state index contributed by atoms with van der Waals surface area (Å²) in [7, 11) is -3.91. The number of nitrogens with one attached hydrogen (secondary N) is 1. The lowest BCUT2D eigenvalue weighted by Crippen LogP contribution is -2.31. The van der Waals surface area contributed by atoms with Crippen LogP contribution in [-0.4, -0.2) is 20.5 Å². The quantitative estimate of drug-likeness (QED) is 0.176. The second-order valence-corrected chi connectivity index (χ2v) is 11.5. The van der Waals surface area contributed by atoms with E-state index < -0.39 is 15.9 Å². The highest BCUT2D eigenvalue weighted by Gasteiger charge is 2.26. The van der Waals surface area contributed by atoms with E-state index in [1.807, 2.05) is 6.92 Å². The maximum absolute atomic E-state index is 13.6. The fraction of sp³-hybridized carbons (Fsp3) is 0.0714. The van der Waals surface area contributed by atoms with Gasteiger partial charge in [-0.25, -0.2) is 13.8 Å². The number of amides is 1. The Labute approximate surface area is 236 Å². The van der Waals surface area contributed by atoms with E-state index in [-0.39, 0.29) is 11.4 Å². The maximum atomic E-state index is 13.6. The molecule has 0 aliphatic rings. The molecule has 0 atom stereocenters. The molecule has 4 aromatic rings. The van der Waals surface area contributed by atoms with Crippen molar-refractivity contribution in [1.82, 2.24) is 5.43 Å². The molecule has 4 rings (SSSR count). The number of sulfonamides is 1. The van der Waals surface area contributed by atoms with Crippen LogP contribution in [0.5, 0.6) is 0 Å². The van der Waals surface area contributed by atoms with E-state index in [0.29, 0.717) is 37.4 Å². The summed E-state index contributed by atoms with van der Waals surface area (Å²) in [6, 6.07) is 24.9. The summed E-state index contributed by atoms with van der Waals surface area (Å²) in [5, 5.41) is 5.28. The van der Waals surface area contributed by atoms with Crippen LogP contribution in [-0.2, 0) is 16.6 Å². The zero-order valence-electron chi connectivity index (χ0n) is 20.1. The first-order valence-corrected chi connectivity index (χ1v) is 13.9. The molecule has 38 heavy (non-hydrogen) atoms. The minimum atomic E-state index is -3.91. The van der Waals surface area contributed by atoms with Gasteiger partial charge in [0.2, 0.25) is 0 Å². The van der Waals surface area contributed by atoms with E-state index in [1.165, 1.54) is 10.5 Å². The molecular formula is C28H22Cl3N3O3S. The number of rotatable bonds is 8. The number of hydrogen-bond acceptors (Lipinski definition) is 4. The smallest absolute Gasteiger partial charge is 0.267 e. The molecule has 0 spiro atoms. The predicted molar refractivity (Wildman–Crippen MR) is 154 cm³/mol. The van der Waals surface area contributed by atoms with Crippen molar-refractivity contribution in [3.63, 3.8) is 0 Å². The molecule has 0 radical (unpaired) electrons. The number of hydrogen-bond donors (Lipinski definition) is 1. The molecule has 10 heteroatoms. The van der Waals surface area contributed by atoms with Gasteiger partial charge < -0.3 is 0 Å². The fourth-order valence-electron chi connectivity index (χ4n) is 3.63. The molecule has 0 aliphatic heterocycles. The molecule has 0 saturated carbocycles. The molecule has 0 bridgehead atoms. The third-order valence-electron chi connectivity index (χ3n) is 5.65. The number of aryl methyl sites for hydroxylation is 1. The third-order valence-corrected chi connectivity index (χ3v) is 8.22. The number of halogens is 3. The molecule has 0 saturated heterocycles. The Kier molecular flexibility index (Phi) is 8.74. The molecule has 4 aromatic carbocycles. The topological polar surface area (TPSA) is 78.8 Å². The van der Waals surface area contributed by atoms with Crippen LogP contribution in [0.3, 0.4) is 0 Å². The van der Waals surface area contributed by atoms with Crippen LogP contribution in [0.1, 0.15) is 27.0 Å². The summed E-state index contributed by atoms with van der Waals surface area (Å²) in [6.45, 7) is 1.86. The monoisotopic (exact) mass is 585 g/mol. The summed E-state index contributed by atoms with van der Waals surface area (Å²) in [5.41, 5.74) is 5.31. The van der Waals surface area contributed by atoms with E-state index in [9.17, 15) is 13.2 Å². The van der Waals surface area contributed by atoms with Crippen LogP contribution in [0.4, 0.5) is 5.69 Å². The van der Waals surface area contributed by atoms with Crippen molar-refractivity contribution >= 4 is 62.6 Å². The number of hydrazone groups is 1. The van der Waals surface area contributed by atoms with E-state index >= 15 is 0 Å². The van der Waals surface area contributed by atoms with Gasteiger partial charge in [-0.3, -0.25) is 9.10 Å². The zero-order valence-corrected chi connectivity index (χ0v) is 23.2. The molecule has 0 aliphatic carbocycles. The highest BCUT2D eigenvalue weighted by molar-refractivity contribution is 7.92. The van der Waals surface area contributed by atoms with Gasteiger partial charge in [0, 0.05) is 21.2 Å². The summed E-state index contributed by atoms with van der Waals surface area (Å²) < 4.78 is 28.6. The van der Waals surface area contributed by atoms with Crippen LogP contribution in [0.2, 0.25) is 15.1 Å². The van der Waals surface area contributed by atoms with Gasteiger partial charge in [0.05, 0.1) is 28.4 Å². The van der Waals surface area contributed by atoms with E-state index in [0.717, 1.165) is 5.56 Å². The van der Waals surface area contributed by atoms with Crippen molar-refractivity contribution in [2.45, 2.75) is 18.4 Å². The molecular weight excluding hydrogens is 565 g/mol. The molecule has 1 N–H and O–H groups in total. The van der Waals surface area contributed by atoms with E-state index in [2.05, 4.69) is 10.5 Å². The van der Waals surface area contributed by atoms with Crippen molar-refractivity contribution in [2.24, 2.45) is 5.10 Å². The number of nitrogens with zero attached hydrogens (tertiary/aromatic N) is 2. The van der Waals surface area contributed by atoms with E-state index in [4.69, 9.17) is 34.8 Å². The lowest BCUT2D eigenvalue weighted by molar-refractivity contribution is 0.0955. The Morgan fingerprint density at radius 3 is 2.24 bits per heavy atom. The highest BCUT2D eigenvalue weighted by Crippen LogP contribution is 2.31. The normalized spacial score (nSPS) is 11.5. The molecule has 194 valence electrons. The van der Waals surface area contributed by atoms with Gasteiger partial charge in [-0.05, 0) is 66.6 Å². The Morgan fingerprint density at radius 2 is 1.55 bits per heavy atom. The molecule has 0 heterocycles. The summed E-state index contributed by atoms with van der Waals surface area (Å²) in [6.07, 6.45) is 1.42. The first kappa shape index (κ1) is 27.7. The SMILES string of the molecule is Cc1ccc(Cl)cc1N(Cc1ccc(C(=O)N/N=C\c2ccc(Cl)cc2Cl)cc1)S(=O)(=O)c1ccccc1. The van der Waals surface area contributed by atoms with E-state index in [1.54, 1.807) is 91.0 Å². The van der Waals surface area contributed by atoms with Crippen LogP contribution in [0.25, 0.3) is 0 Å². The average molecular weight is 587 g/mol. The molecule has 1 amide bonds. The average Bonchev–Trinajstić information content (AvgIpc) is 2.90. The molecule has 6 nitrogen and oxygen atoms in total. The first-order valence-electron chi connectivity index (χ1n) is 11.4. The summed E-state index contributed by atoms with van der Waals surface area (Å²) in [4.78, 5) is 12.7. The minimum Gasteiger partial charge on any atom is -0.267 e. The van der Waals surface area contributed by atoms with Gasteiger partial charge in [0.15, 0.2) is 0 Å². The number of benzene rings is 4. The van der Waals surface area contributed by atoms with Crippen molar-refractivity contribution in [2.75, 3.05) is 4.31 Å². The minimum absolute atomic E-state index is 0.0352. The molecule has 0 aromatic heterocycles. The van der Waals surface area contributed by atoms with Crippen molar-refractivity contribution in [1.29, 1.82) is 0 Å². The zero-order chi connectivity index (χ0) is 27.3. The maximum Gasteiger partial charge on any atom is 0.271 e. The van der Waals surface area contributed by atoms with Crippen molar-refractivity contribution in [3.05, 3.63) is 128 Å². The lowest BCUT2D eigenvalue weighted by Gasteiger charge is -2.26. The van der Waals surface area contributed by atoms with Gasteiger partial charge in [-0.1, -0.05) is 77.3 Å². The fourth-order valence-corrected chi connectivity index (χ4v) is 5.78. The number of carbonyl (C=O) groups is 1. The summed E-state index contributed by atoms with van der Waals surface area (Å²) >= 11 is 18.2. The number of anilines is 1. The first-order chi connectivity index (χ1) is 18.1. The third kappa shape index (κ3) is 6.55. The lowest BCUT2D eigenvalue weighted by atomic mass is 10.1. The van der Waals surface area contributed by atoms with Crippen LogP contribution >= 0.6 is 34.8 Å². The van der Waals surface area contributed by atoms with Crippen LogP contribution in [0.15, 0.2) is 101 Å². The predicted octanol–water partition coefficient (Wildman–Crippen LogP) is 7.11. The standard InChI is InChI=1S/C28H22Cl3N3O3S/c1-19-7-13-24(30)16-27(19)34(38(36,37)25-5-3-2-4-6-25)18-20-8-10-21(11-9-20)28(35)33-32-17-22-12-14-23(29)15-26(22)31/h2-17H,18H2,1H3,(H,33,35)/b32-17-. The number of carbonyl (C=O) groups excluding carboxylic acids is 1. The Bertz CT molecular complexity index is 1590. The van der Waals surface area contributed by atoms with Gasteiger partial charge >= 0.3 is 0 Å². The molecule has 0 fully saturated rings. The van der Waals surface area contributed by atoms with Crippen molar-refractivity contribution < 1.29 is 13.2 Å². The van der Waals surface area contributed by atoms with Crippen LogP contribution < -0.4 is 9.73 Å². The molecule has 0 unspecified atom stereocenters.